The van der Waals surface area contributed by atoms with E-state index in [1.807, 2.05) is 12.1 Å². The highest BCUT2D eigenvalue weighted by Crippen LogP contribution is 2.19. The summed E-state index contributed by atoms with van der Waals surface area (Å²) in [6.07, 6.45) is 6.93. The van der Waals surface area contributed by atoms with E-state index >= 15 is 0 Å². The Bertz CT molecular complexity index is 436. The van der Waals surface area contributed by atoms with Crippen LogP contribution in [0.5, 0.6) is 0 Å². The molecule has 1 unspecified atom stereocenters. The van der Waals surface area contributed by atoms with Crippen LogP contribution in [0.1, 0.15) is 44.6 Å². The molecule has 1 atom stereocenters. The van der Waals surface area contributed by atoms with Gasteiger partial charge in [0.15, 0.2) is 5.96 Å². The molecule has 110 valence electrons. The van der Waals surface area contributed by atoms with Crippen LogP contribution in [0, 0.1) is 5.82 Å². The minimum atomic E-state index is -0.201. The number of hydrogen-bond acceptors (Lipinski definition) is 1. The Labute approximate surface area is 120 Å². The summed E-state index contributed by atoms with van der Waals surface area (Å²) < 4.78 is 12.8. The third-order valence-corrected chi connectivity index (χ3v) is 3.75. The first-order chi connectivity index (χ1) is 9.63. The van der Waals surface area contributed by atoms with Crippen molar-refractivity contribution in [1.82, 2.24) is 5.32 Å². The SMILES string of the molecule is CC(Cc1ccc(F)cc1)NC(N)=NC1CCCCC1. The van der Waals surface area contributed by atoms with Gasteiger partial charge in [0.2, 0.25) is 0 Å². The molecule has 3 nitrogen and oxygen atoms in total. The molecule has 0 bridgehead atoms. The number of rotatable bonds is 4. The van der Waals surface area contributed by atoms with E-state index in [2.05, 4.69) is 17.2 Å². The van der Waals surface area contributed by atoms with E-state index in [4.69, 9.17) is 5.73 Å². The Morgan fingerprint density at radius 2 is 1.95 bits per heavy atom. The summed E-state index contributed by atoms with van der Waals surface area (Å²) in [5, 5.41) is 3.22. The van der Waals surface area contributed by atoms with Crippen LogP contribution in [0.25, 0.3) is 0 Å². The molecule has 4 heteroatoms. The van der Waals surface area contributed by atoms with Gasteiger partial charge in [-0.25, -0.2) is 4.39 Å². The molecule has 0 aliphatic heterocycles. The standard InChI is InChI=1S/C16H24FN3/c1-12(11-13-7-9-14(17)10-8-13)19-16(18)20-15-5-3-2-4-6-15/h7-10,12,15H,2-6,11H2,1H3,(H3,18,19,20). The predicted octanol–water partition coefficient (Wildman–Crippen LogP) is 2.99. The summed E-state index contributed by atoms with van der Waals surface area (Å²) in [7, 11) is 0. The summed E-state index contributed by atoms with van der Waals surface area (Å²) in [5.74, 6) is 0.333. The number of halogens is 1. The maximum Gasteiger partial charge on any atom is 0.189 e. The van der Waals surface area contributed by atoms with Crippen molar-refractivity contribution in [2.24, 2.45) is 10.7 Å². The molecule has 20 heavy (non-hydrogen) atoms. The zero-order chi connectivity index (χ0) is 14.4. The van der Waals surface area contributed by atoms with Crippen molar-refractivity contribution in [3.63, 3.8) is 0 Å². The van der Waals surface area contributed by atoms with Gasteiger partial charge in [-0.1, -0.05) is 31.4 Å². The molecule has 0 spiro atoms. The Morgan fingerprint density at radius 3 is 2.60 bits per heavy atom. The average Bonchev–Trinajstić information content (AvgIpc) is 2.42. The van der Waals surface area contributed by atoms with Gasteiger partial charge in [-0.3, -0.25) is 4.99 Å². The number of nitrogens with two attached hydrogens (primary N) is 1. The highest BCUT2D eigenvalue weighted by molar-refractivity contribution is 5.78. The van der Waals surface area contributed by atoms with Gasteiger partial charge in [-0.05, 0) is 43.9 Å². The fourth-order valence-corrected chi connectivity index (χ4v) is 2.72. The first-order valence-corrected chi connectivity index (χ1v) is 7.48. The molecule has 0 aromatic heterocycles. The predicted molar refractivity (Wildman–Crippen MR) is 81.2 cm³/mol. The first kappa shape index (κ1) is 14.8. The van der Waals surface area contributed by atoms with E-state index in [1.165, 1.54) is 31.4 Å². The van der Waals surface area contributed by atoms with Gasteiger partial charge >= 0.3 is 0 Å². The Hall–Kier alpha value is -1.58. The molecular weight excluding hydrogens is 253 g/mol. The minimum absolute atomic E-state index is 0.188. The van der Waals surface area contributed by atoms with Gasteiger partial charge < -0.3 is 11.1 Å². The van der Waals surface area contributed by atoms with Gasteiger partial charge in [0.05, 0.1) is 6.04 Å². The van der Waals surface area contributed by atoms with Crippen LogP contribution >= 0.6 is 0 Å². The fourth-order valence-electron chi connectivity index (χ4n) is 2.72. The lowest BCUT2D eigenvalue weighted by Crippen LogP contribution is -2.40. The van der Waals surface area contributed by atoms with Crippen molar-refractivity contribution in [3.05, 3.63) is 35.6 Å². The van der Waals surface area contributed by atoms with Gasteiger partial charge in [0, 0.05) is 6.04 Å². The molecule has 0 heterocycles. The molecular formula is C16H24FN3. The molecule has 0 amide bonds. The quantitative estimate of drug-likeness (QED) is 0.656. The number of guanidine groups is 1. The van der Waals surface area contributed by atoms with Crippen LogP contribution in [0.3, 0.4) is 0 Å². The van der Waals surface area contributed by atoms with E-state index in [0.29, 0.717) is 12.0 Å². The van der Waals surface area contributed by atoms with Crippen molar-refractivity contribution >= 4 is 5.96 Å². The van der Waals surface area contributed by atoms with Gasteiger partial charge in [-0.15, -0.1) is 0 Å². The van der Waals surface area contributed by atoms with E-state index in [-0.39, 0.29) is 11.9 Å². The second-order valence-electron chi connectivity index (χ2n) is 5.68. The van der Waals surface area contributed by atoms with Gasteiger partial charge in [0.25, 0.3) is 0 Å². The molecule has 1 aromatic rings. The number of nitrogens with one attached hydrogen (secondary N) is 1. The zero-order valence-corrected chi connectivity index (χ0v) is 12.1. The largest absolute Gasteiger partial charge is 0.370 e. The molecule has 0 radical (unpaired) electrons. The number of hydrogen-bond donors (Lipinski definition) is 2. The van der Waals surface area contributed by atoms with E-state index in [0.717, 1.165) is 24.8 Å². The van der Waals surface area contributed by atoms with Crippen LogP contribution in [0.2, 0.25) is 0 Å². The summed E-state index contributed by atoms with van der Waals surface area (Å²) in [6, 6.07) is 7.16. The lowest BCUT2D eigenvalue weighted by Gasteiger charge is -2.20. The maximum atomic E-state index is 12.8. The summed E-state index contributed by atoms with van der Waals surface area (Å²) in [5.41, 5.74) is 7.06. The van der Waals surface area contributed by atoms with Gasteiger partial charge in [0.1, 0.15) is 5.82 Å². The molecule has 0 saturated heterocycles. The number of benzene rings is 1. The van der Waals surface area contributed by atoms with Crippen LogP contribution in [-0.2, 0) is 6.42 Å². The lowest BCUT2D eigenvalue weighted by molar-refractivity contribution is 0.441. The van der Waals surface area contributed by atoms with E-state index in [1.54, 1.807) is 0 Å². The van der Waals surface area contributed by atoms with Crippen molar-refractivity contribution in [2.45, 2.75) is 57.5 Å². The van der Waals surface area contributed by atoms with E-state index in [9.17, 15) is 4.39 Å². The smallest absolute Gasteiger partial charge is 0.189 e. The second-order valence-corrected chi connectivity index (χ2v) is 5.68. The van der Waals surface area contributed by atoms with Crippen LogP contribution in [0.4, 0.5) is 4.39 Å². The normalized spacial score (nSPS) is 18.8. The van der Waals surface area contributed by atoms with Crippen molar-refractivity contribution in [2.75, 3.05) is 0 Å². The third kappa shape index (κ3) is 4.83. The lowest BCUT2D eigenvalue weighted by atomic mass is 9.96. The first-order valence-electron chi connectivity index (χ1n) is 7.48. The molecule has 1 aliphatic carbocycles. The molecule has 2 rings (SSSR count). The number of nitrogens with zero attached hydrogens (tertiary/aromatic N) is 1. The topological polar surface area (TPSA) is 50.4 Å². The molecule has 1 aromatic carbocycles. The van der Waals surface area contributed by atoms with Crippen LogP contribution in [-0.4, -0.2) is 18.0 Å². The minimum Gasteiger partial charge on any atom is -0.370 e. The second kappa shape index (κ2) is 7.27. The highest BCUT2D eigenvalue weighted by Gasteiger charge is 2.13. The summed E-state index contributed by atoms with van der Waals surface area (Å²) in [4.78, 5) is 4.56. The molecule has 1 saturated carbocycles. The van der Waals surface area contributed by atoms with Crippen LogP contribution < -0.4 is 11.1 Å². The van der Waals surface area contributed by atoms with E-state index < -0.39 is 0 Å². The Morgan fingerprint density at radius 1 is 1.30 bits per heavy atom. The van der Waals surface area contributed by atoms with Crippen molar-refractivity contribution in [1.29, 1.82) is 0 Å². The Balaban J connectivity index is 1.82. The molecule has 1 fully saturated rings. The summed E-state index contributed by atoms with van der Waals surface area (Å²) >= 11 is 0. The Kier molecular flexibility index (Phi) is 5.39. The van der Waals surface area contributed by atoms with Crippen LogP contribution in [0.15, 0.2) is 29.3 Å². The summed E-state index contributed by atoms with van der Waals surface area (Å²) in [6.45, 7) is 2.06. The number of aliphatic imine (C=N–C) groups is 1. The molecule has 3 N–H and O–H groups in total. The monoisotopic (exact) mass is 277 g/mol. The average molecular weight is 277 g/mol. The fraction of sp³-hybridized carbons (Fsp3) is 0.562. The highest BCUT2D eigenvalue weighted by atomic mass is 19.1. The maximum absolute atomic E-state index is 12.8. The zero-order valence-electron chi connectivity index (χ0n) is 12.1. The van der Waals surface area contributed by atoms with Crippen molar-refractivity contribution < 1.29 is 4.39 Å². The van der Waals surface area contributed by atoms with Gasteiger partial charge in [-0.2, -0.15) is 0 Å². The van der Waals surface area contributed by atoms with Crippen molar-refractivity contribution in [3.8, 4) is 0 Å². The molecule has 1 aliphatic rings. The third-order valence-electron chi connectivity index (χ3n) is 3.75.